The Morgan fingerprint density at radius 3 is 1.52 bits per heavy atom. The SMILES string of the molecule is CCCCC/C=C\C[C@@H](O)[C@H](O)CCCCCCCC(=O)OC[C@H](COP(=O)(O)OC[C@@H](O)COP(=O)(O)O)OC(=O)CCCCCCCCC/C=C\CCCCCCCC. The van der Waals surface area contributed by atoms with E-state index in [1.165, 1.54) is 51.4 Å². The number of aliphatic hydroxyl groups is 3. The van der Waals surface area contributed by atoms with Crippen LogP contribution in [0.25, 0.3) is 0 Å². The lowest BCUT2D eigenvalue weighted by Gasteiger charge is -2.20. The van der Waals surface area contributed by atoms with Gasteiger partial charge in [-0.05, 0) is 64.2 Å². The standard InChI is InChI=1S/C44H84O15P2/c1-3-5-7-9-11-12-13-14-15-16-17-18-19-20-21-25-30-34-44(49)59-40(38-58-61(53,54)57-36-39(45)35-56-60(50,51)52)37-55-43(48)33-29-26-22-24-28-32-42(47)41(46)31-27-23-10-8-6-4-2/h14-15,23,27,39-42,45-47H,3-13,16-22,24-26,28-38H2,1-2H3,(H,53,54)(H2,50,51,52)/b15-14-,27-23-/t39-,40+,41+,42+/m0/s1. The maximum absolute atomic E-state index is 12.7. The van der Waals surface area contributed by atoms with Gasteiger partial charge in [-0.15, -0.1) is 0 Å². The highest BCUT2D eigenvalue weighted by atomic mass is 31.2. The normalized spacial score (nSPS) is 15.2. The van der Waals surface area contributed by atoms with Crippen LogP contribution in [0.1, 0.15) is 194 Å². The number of rotatable bonds is 44. The first-order valence-corrected chi connectivity index (χ1v) is 26.2. The minimum atomic E-state index is -4.88. The molecule has 0 spiro atoms. The number of phosphoric ester groups is 2. The first kappa shape index (κ1) is 59.5. The van der Waals surface area contributed by atoms with Gasteiger partial charge in [0.15, 0.2) is 6.10 Å². The summed E-state index contributed by atoms with van der Waals surface area (Å²) in [7, 11) is -9.72. The fourth-order valence-corrected chi connectivity index (χ4v) is 7.46. The number of aliphatic hydroxyl groups excluding tert-OH is 3. The number of hydrogen-bond acceptors (Lipinski definition) is 12. The third-order valence-electron chi connectivity index (χ3n) is 10.0. The third kappa shape index (κ3) is 42.2. The average molecular weight is 915 g/mol. The van der Waals surface area contributed by atoms with Crippen LogP contribution in [0.4, 0.5) is 0 Å². The molecule has 5 atom stereocenters. The number of unbranched alkanes of at least 4 members (excludes halogenated alkanes) is 20. The van der Waals surface area contributed by atoms with Crippen LogP contribution in [-0.4, -0.2) is 92.8 Å². The molecule has 0 rings (SSSR count). The van der Waals surface area contributed by atoms with Crippen molar-refractivity contribution in [1.82, 2.24) is 0 Å². The first-order chi connectivity index (χ1) is 29.2. The van der Waals surface area contributed by atoms with Gasteiger partial charge in [0.2, 0.25) is 0 Å². The second-order valence-corrected chi connectivity index (χ2v) is 18.7. The van der Waals surface area contributed by atoms with Crippen molar-refractivity contribution < 1.29 is 71.8 Å². The summed E-state index contributed by atoms with van der Waals surface area (Å²) in [6.45, 7) is 1.54. The fraction of sp³-hybridized carbons (Fsp3) is 0.864. The number of hydrogen-bond donors (Lipinski definition) is 6. The maximum Gasteiger partial charge on any atom is 0.472 e. The van der Waals surface area contributed by atoms with E-state index >= 15 is 0 Å². The molecule has 1 unspecified atom stereocenters. The monoisotopic (exact) mass is 915 g/mol. The molecule has 15 nitrogen and oxygen atoms in total. The summed E-state index contributed by atoms with van der Waals surface area (Å²) in [5, 5.41) is 30.2. The molecule has 17 heteroatoms. The van der Waals surface area contributed by atoms with Crippen LogP contribution in [0, 0.1) is 0 Å². The molecule has 0 saturated heterocycles. The number of carbonyl (C=O) groups excluding carboxylic acids is 2. The number of carbonyl (C=O) groups is 2. The van der Waals surface area contributed by atoms with Crippen LogP contribution in [-0.2, 0) is 41.8 Å². The van der Waals surface area contributed by atoms with E-state index in [4.69, 9.17) is 23.8 Å². The van der Waals surface area contributed by atoms with Crippen molar-refractivity contribution in [2.45, 2.75) is 218 Å². The predicted molar refractivity (Wildman–Crippen MR) is 237 cm³/mol. The van der Waals surface area contributed by atoms with E-state index in [0.29, 0.717) is 25.7 Å². The Morgan fingerprint density at radius 1 is 0.508 bits per heavy atom. The van der Waals surface area contributed by atoms with E-state index < -0.39 is 78.4 Å². The van der Waals surface area contributed by atoms with Gasteiger partial charge in [-0.2, -0.15) is 0 Å². The zero-order valence-corrected chi connectivity index (χ0v) is 39.3. The van der Waals surface area contributed by atoms with Crippen molar-refractivity contribution in [2.24, 2.45) is 0 Å². The minimum absolute atomic E-state index is 0.0963. The number of esters is 2. The second kappa shape index (κ2) is 40.1. The highest BCUT2D eigenvalue weighted by molar-refractivity contribution is 7.47. The number of ether oxygens (including phenoxy) is 2. The summed E-state index contributed by atoms with van der Waals surface area (Å²) in [4.78, 5) is 52.8. The van der Waals surface area contributed by atoms with Gasteiger partial charge < -0.3 is 39.5 Å². The summed E-state index contributed by atoms with van der Waals surface area (Å²) in [5.74, 6) is -1.14. The lowest BCUT2D eigenvalue weighted by atomic mass is 10.0. The molecule has 0 aromatic rings. The Balaban J connectivity index is 4.59. The van der Waals surface area contributed by atoms with Crippen molar-refractivity contribution in [3.63, 3.8) is 0 Å². The summed E-state index contributed by atoms with van der Waals surface area (Å²) in [6, 6.07) is 0. The van der Waals surface area contributed by atoms with Gasteiger partial charge in [0.25, 0.3) is 0 Å². The molecule has 0 aliphatic heterocycles. The largest absolute Gasteiger partial charge is 0.472 e. The average Bonchev–Trinajstić information content (AvgIpc) is 3.21. The Bertz CT molecular complexity index is 1210. The van der Waals surface area contributed by atoms with Crippen molar-refractivity contribution >= 4 is 27.6 Å². The molecule has 0 heterocycles. The molecule has 0 radical (unpaired) electrons. The van der Waals surface area contributed by atoms with Crippen LogP contribution in [0.3, 0.4) is 0 Å². The first-order valence-electron chi connectivity index (χ1n) is 23.2. The molecule has 6 N–H and O–H groups in total. The van der Waals surface area contributed by atoms with E-state index in [-0.39, 0.29) is 12.8 Å². The Kier molecular flexibility index (Phi) is 39.1. The molecule has 0 aliphatic rings. The van der Waals surface area contributed by atoms with Crippen molar-refractivity contribution in [1.29, 1.82) is 0 Å². The second-order valence-electron chi connectivity index (χ2n) is 16.0. The van der Waals surface area contributed by atoms with Gasteiger partial charge >= 0.3 is 27.6 Å². The molecule has 0 amide bonds. The minimum Gasteiger partial charge on any atom is -0.462 e. The molecule has 61 heavy (non-hydrogen) atoms. The van der Waals surface area contributed by atoms with Gasteiger partial charge in [-0.25, -0.2) is 9.13 Å². The van der Waals surface area contributed by atoms with E-state index in [2.05, 4.69) is 41.1 Å². The van der Waals surface area contributed by atoms with E-state index in [0.717, 1.165) is 89.9 Å². The molecule has 0 fully saturated rings. The van der Waals surface area contributed by atoms with Crippen molar-refractivity contribution in [2.75, 3.05) is 26.4 Å². The molecular weight excluding hydrogens is 830 g/mol. The van der Waals surface area contributed by atoms with Gasteiger partial charge in [0.05, 0.1) is 32.0 Å². The Morgan fingerprint density at radius 2 is 0.951 bits per heavy atom. The zero-order valence-electron chi connectivity index (χ0n) is 37.5. The summed E-state index contributed by atoms with van der Waals surface area (Å²) in [6.07, 6.45) is 30.4. The molecule has 0 bridgehead atoms. The van der Waals surface area contributed by atoms with Gasteiger partial charge in [-0.3, -0.25) is 23.2 Å². The molecule has 360 valence electrons. The lowest BCUT2D eigenvalue weighted by Crippen LogP contribution is -2.30. The van der Waals surface area contributed by atoms with E-state index in [9.17, 15) is 38.9 Å². The van der Waals surface area contributed by atoms with Gasteiger partial charge in [-0.1, -0.05) is 141 Å². The fourth-order valence-electron chi connectivity index (χ4n) is 6.31. The zero-order chi connectivity index (χ0) is 45.5. The van der Waals surface area contributed by atoms with Gasteiger partial charge in [0.1, 0.15) is 12.7 Å². The third-order valence-corrected chi connectivity index (χ3v) is 11.4. The van der Waals surface area contributed by atoms with Crippen molar-refractivity contribution in [3.8, 4) is 0 Å². The van der Waals surface area contributed by atoms with Crippen LogP contribution < -0.4 is 0 Å². The highest BCUT2D eigenvalue weighted by Crippen LogP contribution is 2.43. The summed E-state index contributed by atoms with van der Waals surface area (Å²) in [5.41, 5.74) is 0. The van der Waals surface area contributed by atoms with Crippen LogP contribution in [0.2, 0.25) is 0 Å². The number of phosphoric acid groups is 2. The molecule has 0 aliphatic carbocycles. The summed E-state index contributed by atoms with van der Waals surface area (Å²) >= 11 is 0. The van der Waals surface area contributed by atoms with Crippen LogP contribution >= 0.6 is 15.6 Å². The smallest absolute Gasteiger partial charge is 0.462 e. The molecule has 0 aromatic heterocycles. The maximum atomic E-state index is 12.7. The molecule has 0 aromatic carbocycles. The van der Waals surface area contributed by atoms with E-state index in [1.54, 1.807) is 0 Å². The predicted octanol–water partition coefficient (Wildman–Crippen LogP) is 9.84. The van der Waals surface area contributed by atoms with Crippen molar-refractivity contribution in [3.05, 3.63) is 24.3 Å². The lowest BCUT2D eigenvalue weighted by molar-refractivity contribution is -0.161. The van der Waals surface area contributed by atoms with E-state index in [1.807, 2.05) is 6.08 Å². The van der Waals surface area contributed by atoms with Gasteiger partial charge in [0, 0.05) is 12.8 Å². The topological polar surface area (TPSA) is 236 Å². The Hall–Kier alpha value is -1.48. The Labute approximate surface area is 367 Å². The van der Waals surface area contributed by atoms with Crippen LogP contribution in [0.5, 0.6) is 0 Å². The summed E-state index contributed by atoms with van der Waals surface area (Å²) < 4.78 is 47.7. The quantitative estimate of drug-likeness (QED) is 0.0144. The highest BCUT2D eigenvalue weighted by Gasteiger charge is 2.28. The molecular formula is C44H84O15P2. The molecule has 0 saturated carbocycles. The van der Waals surface area contributed by atoms with Crippen LogP contribution in [0.15, 0.2) is 24.3 Å². The number of allylic oxidation sites excluding steroid dienone is 3.